The number of hydrogen-bond donors (Lipinski definition) is 0. The van der Waals surface area contributed by atoms with Gasteiger partial charge in [0.25, 0.3) is 0 Å². The molecule has 0 nitrogen and oxygen atoms in total. The Morgan fingerprint density at radius 2 is 1.35 bits per heavy atom. The Hall–Kier alpha value is -2.13. The summed E-state index contributed by atoms with van der Waals surface area (Å²) in [6.07, 6.45) is 9.29. The normalized spacial score (nSPS) is 22.8. The average molecular weight is 444 g/mol. The molecule has 0 bridgehead atoms. The molecule has 124 valence electrons. The quantitative estimate of drug-likeness (QED) is 0.350. The van der Waals surface area contributed by atoms with Crippen LogP contribution >= 0.6 is 22.6 Å². The van der Waals surface area contributed by atoms with Gasteiger partial charge in [-0.25, -0.2) is 0 Å². The largest absolute Gasteiger partial charge is 0.0789 e. The molecule has 0 radical (unpaired) electrons. The minimum absolute atomic E-state index is 0.0738. The Balaban J connectivity index is 1.81. The summed E-state index contributed by atoms with van der Waals surface area (Å²) >= 11 is 2.46. The van der Waals surface area contributed by atoms with Gasteiger partial charge >= 0.3 is 0 Å². The highest BCUT2D eigenvalue weighted by Crippen LogP contribution is 2.65. The first-order chi connectivity index (χ1) is 12.8. The van der Waals surface area contributed by atoms with Crippen molar-refractivity contribution in [1.29, 1.82) is 0 Å². The zero-order chi connectivity index (χ0) is 17.3. The fourth-order valence-corrected chi connectivity index (χ4v) is 6.07. The van der Waals surface area contributed by atoms with Crippen LogP contribution in [0.25, 0.3) is 11.1 Å². The third-order valence-corrected chi connectivity index (χ3v) is 7.10. The lowest BCUT2D eigenvalue weighted by Gasteiger charge is -2.36. The molecule has 2 unspecified atom stereocenters. The van der Waals surface area contributed by atoms with Gasteiger partial charge in [-0.3, -0.25) is 0 Å². The molecule has 1 spiro atoms. The van der Waals surface area contributed by atoms with Crippen LogP contribution in [0.5, 0.6) is 0 Å². The number of benzene rings is 3. The highest BCUT2D eigenvalue weighted by molar-refractivity contribution is 14.1. The molecule has 0 aliphatic heterocycles. The zero-order valence-corrected chi connectivity index (χ0v) is 16.4. The molecule has 3 aliphatic carbocycles. The molecule has 26 heavy (non-hydrogen) atoms. The third kappa shape index (κ3) is 1.65. The molecule has 2 atom stereocenters. The maximum Gasteiger partial charge on any atom is 0.0538 e. The highest BCUT2D eigenvalue weighted by atomic mass is 127. The van der Waals surface area contributed by atoms with Gasteiger partial charge in [0.1, 0.15) is 0 Å². The summed E-state index contributed by atoms with van der Waals surface area (Å²) in [5.74, 6) is 0.886. The number of allylic oxidation sites excluding steroid dienone is 4. The Labute approximate surface area is 167 Å². The van der Waals surface area contributed by atoms with Gasteiger partial charge in [-0.15, -0.1) is 0 Å². The van der Waals surface area contributed by atoms with Crippen LogP contribution < -0.4 is 0 Å². The minimum Gasteiger partial charge on any atom is -0.0789 e. The van der Waals surface area contributed by atoms with Crippen LogP contribution in [-0.4, -0.2) is 0 Å². The third-order valence-electron chi connectivity index (χ3n) is 6.43. The van der Waals surface area contributed by atoms with Crippen molar-refractivity contribution in [2.45, 2.75) is 11.3 Å². The second kappa shape index (κ2) is 5.20. The molecule has 0 saturated carbocycles. The van der Waals surface area contributed by atoms with Crippen molar-refractivity contribution in [1.82, 2.24) is 0 Å². The van der Waals surface area contributed by atoms with E-state index in [-0.39, 0.29) is 5.41 Å². The molecule has 0 aromatic heterocycles. The second-order valence-electron chi connectivity index (χ2n) is 7.45. The summed E-state index contributed by atoms with van der Waals surface area (Å²) in [5, 5.41) is 0. The summed E-state index contributed by atoms with van der Waals surface area (Å²) in [4.78, 5) is 0. The first-order valence-corrected chi connectivity index (χ1v) is 10.2. The van der Waals surface area contributed by atoms with Gasteiger partial charge in [0.05, 0.1) is 5.41 Å². The maximum absolute atomic E-state index is 2.46. The molecule has 0 saturated heterocycles. The standard InChI is InChI=1S/C25H17I/c26-16-13-14-20-19-9-3-6-12-23(19)25(24(20)15-16)21-10-4-1-7-17(21)18-8-2-5-11-22(18)25/h1-15,19,23H. The number of halogens is 1. The number of rotatable bonds is 0. The van der Waals surface area contributed by atoms with Crippen LogP contribution in [0.3, 0.4) is 0 Å². The summed E-state index contributed by atoms with van der Waals surface area (Å²) in [6.45, 7) is 0. The first kappa shape index (κ1) is 15.0. The van der Waals surface area contributed by atoms with Crippen LogP contribution in [0, 0.1) is 9.49 Å². The molecular weight excluding hydrogens is 427 g/mol. The van der Waals surface area contributed by atoms with E-state index in [0.29, 0.717) is 11.8 Å². The van der Waals surface area contributed by atoms with E-state index in [4.69, 9.17) is 0 Å². The van der Waals surface area contributed by atoms with Gasteiger partial charge in [-0.2, -0.15) is 0 Å². The highest BCUT2D eigenvalue weighted by Gasteiger charge is 2.56. The van der Waals surface area contributed by atoms with Crippen LogP contribution in [0.2, 0.25) is 0 Å². The summed E-state index contributed by atoms with van der Waals surface area (Å²) in [7, 11) is 0. The molecule has 0 N–H and O–H groups in total. The first-order valence-electron chi connectivity index (χ1n) is 9.16. The Morgan fingerprint density at radius 3 is 2.08 bits per heavy atom. The monoisotopic (exact) mass is 444 g/mol. The smallest absolute Gasteiger partial charge is 0.0538 e. The molecule has 0 heterocycles. The van der Waals surface area contributed by atoms with E-state index in [1.54, 1.807) is 0 Å². The van der Waals surface area contributed by atoms with Crippen LogP contribution in [0.15, 0.2) is 91.0 Å². The van der Waals surface area contributed by atoms with E-state index in [1.807, 2.05) is 0 Å². The predicted molar refractivity (Wildman–Crippen MR) is 115 cm³/mol. The van der Waals surface area contributed by atoms with Crippen LogP contribution in [0.4, 0.5) is 0 Å². The van der Waals surface area contributed by atoms with Crippen molar-refractivity contribution in [3.8, 4) is 11.1 Å². The average Bonchev–Trinajstić information content (AvgIpc) is 3.15. The Bertz CT molecular complexity index is 1070. The van der Waals surface area contributed by atoms with Gasteiger partial charge in [0, 0.05) is 15.4 Å². The van der Waals surface area contributed by atoms with Crippen molar-refractivity contribution in [2.24, 2.45) is 5.92 Å². The van der Waals surface area contributed by atoms with E-state index in [1.165, 1.54) is 37.0 Å². The van der Waals surface area contributed by atoms with Crippen molar-refractivity contribution in [3.63, 3.8) is 0 Å². The number of fused-ring (bicyclic) bond motifs is 10. The van der Waals surface area contributed by atoms with Gasteiger partial charge in [0.15, 0.2) is 0 Å². The fourth-order valence-electron chi connectivity index (χ4n) is 5.58. The van der Waals surface area contributed by atoms with Crippen molar-refractivity contribution >= 4 is 22.6 Å². The minimum atomic E-state index is -0.0738. The van der Waals surface area contributed by atoms with Crippen LogP contribution in [-0.2, 0) is 5.41 Å². The van der Waals surface area contributed by atoms with Gasteiger partial charge < -0.3 is 0 Å². The molecule has 3 aromatic carbocycles. The lowest BCUT2D eigenvalue weighted by atomic mass is 9.65. The van der Waals surface area contributed by atoms with E-state index in [0.717, 1.165) is 0 Å². The summed E-state index contributed by atoms with van der Waals surface area (Å²) in [6, 6.07) is 25.1. The lowest BCUT2D eigenvalue weighted by molar-refractivity contribution is 0.465. The number of hydrogen-bond acceptors (Lipinski definition) is 0. The van der Waals surface area contributed by atoms with Crippen molar-refractivity contribution in [2.75, 3.05) is 0 Å². The van der Waals surface area contributed by atoms with E-state index in [9.17, 15) is 0 Å². The zero-order valence-electron chi connectivity index (χ0n) is 14.2. The topological polar surface area (TPSA) is 0 Å². The van der Waals surface area contributed by atoms with E-state index in [2.05, 4.69) is 114 Å². The lowest BCUT2D eigenvalue weighted by Crippen LogP contribution is -2.32. The Morgan fingerprint density at radius 1 is 0.692 bits per heavy atom. The van der Waals surface area contributed by atoms with E-state index < -0.39 is 0 Å². The summed E-state index contributed by atoms with van der Waals surface area (Å²) < 4.78 is 1.31. The van der Waals surface area contributed by atoms with Crippen molar-refractivity contribution in [3.05, 3.63) is 117 Å². The molecule has 6 rings (SSSR count). The molecule has 0 fully saturated rings. The SMILES string of the molecule is Ic1ccc2c(c1)C1(c3ccccc3-c3ccccc31)C1C=CC=CC21. The predicted octanol–water partition coefficient (Wildman–Crippen LogP) is 6.45. The van der Waals surface area contributed by atoms with Gasteiger partial charge in [0.2, 0.25) is 0 Å². The maximum atomic E-state index is 2.46. The fraction of sp³-hybridized carbons (Fsp3) is 0.120. The second-order valence-corrected chi connectivity index (χ2v) is 8.70. The molecule has 1 heteroatoms. The van der Waals surface area contributed by atoms with Crippen LogP contribution in [0.1, 0.15) is 28.2 Å². The van der Waals surface area contributed by atoms with Gasteiger partial charge in [-0.05, 0) is 68.1 Å². The molecule has 3 aromatic rings. The van der Waals surface area contributed by atoms with Crippen molar-refractivity contribution < 1.29 is 0 Å². The molecule has 0 amide bonds. The molecule has 3 aliphatic rings. The van der Waals surface area contributed by atoms with Gasteiger partial charge in [-0.1, -0.05) is 78.9 Å². The van der Waals surface area contributed by atoms with E-state index >= 15 is 0 Å². The molecular formula is C25H17I. The Kier molecular flexibility index (Phi) is 3.00. The summed E-state index contributed by atoms with van der Waals surface area (Å²) in [5.41, 5.74) is 8.65.